The highest BCUT2D eigenvalue weighted by atomic mass is 31.2. The predicted molar refractivity (Wildman–Crippen MR) is 192 cm³/mol. The maximum atomic E-state index is 12.5. The fourth-order valence-electron chi connectivity index (χ4n) is 4.98. The van der Waals surface area contributed by atoms with Crippen LogP contribution in [0.2, 0.25) is 0 Å². The van der Waals surface area contributed by atoms with Gasteiger partial charge in [-0.3, -0.25) is 18.6 Å². The molecule has 0 aromatic rings. The van der Waals surface area contributed by atoms with E-state index in [1.54, 1.807) is 0 Å². The SMILES string of the molecule is CCCCCC/C=C\CCCCCCCCCC(=O)OC[C@H](COP(=O)(O)OCCN)OC(=O)CCC/C=C\CCCCCCCC. The molecular formula is C37H70NO8P. The summed E-state index contributed by atoms with van der Waals surface area (Å²) in [6, 6.07) is 0. The van der Waals surface area contributed by atoms with Crippen LogP contribution < -0.4 is 5.73 Å². The highest BCUT2D eigenvalue weighted by molar-refractivity contribution is 7.47. The molecule has 0 amide bonds. The fraction of sp³-hybridized carbons (Fsp3) is 0.838. The van der Waals surface area contributed by atoms with E-state index in [2.05, 4.69) is 38.2 Å². The van der Waals surface area contributed by atoms with Crippen LogP contribution in [0.3, 0.4) is 0 Å². The van der Waals surface area contributed by atoms with E-state index in [0.29, 0.717) is 6.42 Å². The Morgan fingerprint density at radius 2 is 1.06 bits per heavy atom. The molecule has 0 aliphatic rings. The van der Waals surface area contributed by atoms with Crippen LogP contribution in [0.4, 0.5) is 0 Å². The normalized spacial score (nSPS) is 13.7. The average Bonchev–Trinajstić information content (AvgIpc) is 3.05. The molecule has 0 saturated heterocycles. The van der Waals surface area contributed by atoms with Crippen LogP contribution in [0.15, 0.2) is 24.3 Å². The van der Waals surface area contributed by atoms with Crippen molar-refractivity contribution in [1.82, 2.24) is 0 Å². The second-order valence-corrected chi connectivity index (χ2v) is 13.9. The molecule has 0 aliphatic carbocycles. The predicted octanol–water partition coefficient (Wildman–Crippen LogP) is 10.0. The first-order valence-corrected chi connectivity index (χ1v) is 20.3. The molecule has 2 atom stereocenters. The van der Waals surface area contributed by atoms with Gasteiger partial charge in [0.2, 0.25) is 0 Å². The van der Waals surface area contributed by atoms with Gasteiger partial charge in [0, 0.05) is 19.4 Å². The minimum atomic E-state index is -4.37. The Labute approximate surface area is 287 Å². The second kappa shape index (κ2) is 34.4. The zero-order valence-corrected chi connectivity index (χ0v) is 30.9. The maximum Gasteiger partial charge on any atom is 0.472 e. The number of hydrogen-bond donors (Lipinski definition) is 2. The van der Waals surface area contributed by atoms with Crippen molar-refractivity contribution in [2.24, 2.45) is 5.73 Å². The Morgan fingerprint density at radius 3 is 1.60 bits per heavy atom. The van der Waals surface area contributed by atoms with Crippen molar-refractivity contribution < 1.29 is 37.6 Å². The number of ether oxygens (including phenoxy) is 2. The number of rotatable bonds is 35. The number of hydrogen-bond acceptors (Lipinski definition) is 8. The van der Waals surface area contributed by atoms with Crippen molar-refractivity contribution in [3.05, 3.63) is 24.3 Å². The molecule has 47 heavy (non-hydrogen) atoms. The van der Waals surface area contributed by atoms with Crippen molar-refractivity contribution in [3.63, 3.8) is 0 Å². The van der Waals surface area contributed by atoms with Crippen LogP contribution >= 0.6 is 7.82 Å². The lowest BCUT2D eigenvalue weighted by atomic mass is 10.1. The van der Waals surface area contributed by atoms with Crippen molar-refractivity contribution in [2.75, 3.05) is 26.4 Å². The standard InChI is InChI=1S/C37H70NO8P/c1-3-5-7-9-11-13-15-16-17-18-20-21-23-25-27-29-36(39)43-33-35(34-45-47(41,42)44-32-31-38)46-37(40)30-28-26-24-22-19-14-12-10-8-6-4-2/h13,15,22,24,35H,3-12,14,16-21,23,25-34,38H2,1-2H3,(H,41,42)/b15-13-,24-22-/t35-/m1/s1. The molecule has 9 nitrogen and oxygen atoms in total. The van der Waals surface area contributed by atoms with Gasteiger partial charge in [-0.2, -0.15) is 0 Å². The maximum absolute atomic E-state index is 12.5. The van der Waals surface area contributed by atoms with E-state index >= 15 is 0 Å². The first kappa shape index (κ1) is 45.5. The van der Waals surface area contributed by atoms with Gasteiger partial charge in [-0.15, -0.1) is 0 Å². The van der Waals surface area contributed by atoms with Crippen molar-refractivity contribution in [1.29, 1.82) is 0 Å². The molecule has 0 aromatic heterocycles. The molecule has 10 heteroatoms. The molecule has 0 saturated carbocycles. The minimum Gasteiger partial charge on any atom is -0.462 e. The first-order valence-electron chi connectivity index (χ1n) is 18.8. The minimum absolute atomic E-state index is 0.0498. The van der Waals surface area contributed by atoms with Gasteiger partial charge in [-0.25, -0.2) is 4.57 Å². The number of carbonyl (C=O) groups excluding carboxylic acids is 2. The van der Waals surface area contributed by atoms with Crippen molar-refractivity contribution in [3.8, 4) is 0 Å². The molecule has 0 bridgehead atoms. The van der Waals surface area contributed by atoms with E-state index in [0.717, 1.165) is 44.9 Å². The smallest absolute Gasteiger partial charge is 0.462 e. The van der Waals surface area contributed by atoms with E-state index in [4.69, 9.17) is 24.3 Å². The van der Waals surface area contributed by atoms with Crippen LogP contribution in [0.1, 0.15) is 168 Å². The monoisotopic (exact) mass is 687 g/mol. The van der Waals surface area contributed by atoms with Gasteiger partial charge >= 0.3 is 19.8 Å². The van der Waals surface area contributed by atoms with Gasteiger partial charge in [-0.05, 0) is 57.8 Å². The zero-order valence-electron chi connectivity index (χ0n) is 30.0. The summed E-state index contributed by atoms with van der Waals surface area (Å²) in [7, 11) is -4.37. The van der Waals surface area contributed by atoms with E-state index in [1.807, 2.05) is 0 Å². The Balaban J connectivity index is 4.24. The second-order valence-electron chi connectivity index (χ2n) is 12.4. The number of unbranched alkanes of at least 4 members (excludes halogenated alkanes) is 18. The third-order valence-electron chi connectivity index (χ3n) is 7.81. The molecule has 0 heterocycles. The van der Waals surface area contributed by atoms with E-state index in [-0.39, 0.29) is 32.6 Å². The molecule has 276 valence electrons. The quantitative estimate of drug-likeness (QED) is 0.0289. The summed E-state index contributed by atoms with van der Waals surface area (Å²) >= 11 is 0. The number of carbonyl (C=O) groups is 2. The summed E-state index contributed by atoms with van der Waals surface area (Å²) in [4.78, 5) is 34.6. The Morgan fingerprint density at radius 1 is 0.617 bits per heavy atom. The fourth-order valence-corrected chi connectivity index (χ4v) is 5.75. The lowest BCUT2D eigenvalue weighted by Crippen LogP contribution is -2.29. The third-order valence-corrected chi connectivity index (χ3v) is 8.79. The first-order chi connectivity index (χ1) is 22.8. The average molecular weight is 688 g/mol. The number of phosphoric ester groups is 1. The highest BCUT2D eigenvalue weighted by Gasteiger charge is 2.25. The van der Waals surface area contributed by atoms with Gasteiger partial charge in [0.05, 0.1) is 13.2 Å². The van der Waals surface area contributed by atoms with E-state index in [9.17, 15) is 19.0 Å². The van der Waals surface area contributed by atoms with Gasteiger partial charge in [-0.1, -0.05) is 122 Å². The topological polar surface area (TPSA) is 134 Å². The van der Waals surface area contributed by atoms with Crippen LogP contribution in [-0.2, 0) is 32.7 Å². The zero-order chi connectivity index (χ0) is 34.7. The van der Waals surface area contributed by atoms with Crippen LogP contribution in [0, 0.1) is 0 Å². The Hall–Kier alpha value is -1.51. The Kier molecular flexibility index (Phi) is 33.3. The van der Waals surface area contributed by atoms with Gasteiger partial charge in [0.25, 0.3) is 0 Å². The van der Waals surface area contributed by atoms with Gasteiger partial charge < -0.3 is 20.1 Å². The molecule has 0 spiro atoms. The molecular weight excluding hydrogens is 617 g/mol. The molecule has 0 rings (SSSR count). The summed E-state index contributed by atoms with van der Waals surface area (Å²) < 4.78 is 32.6. The number of allylic oxidation sites excluding steroid dienone is 4. The van der Waals surface area contributed by atoms with E-state index in [1.165, 1.54) is 89.9 Å². The van der Waals surface area contributed by atoms with E-state index < -0.39 is 32.5 Å². The summed E-state index contributed by atoms with van der Waals surface area (Å²) in [5.74, 6) is -0.873. The summed E-state index contributed by atoms with van der Waals surface area (Å²) in [6.45, 7) is 3.65. The summed E-state index contributed by atoms with van der Waals surface area (Å²) in [5.41, 5.74) is 5.32. The molecule has 0 aliphatic heterocycles. The summed E-state index contributed by atoms with van der Waals surface area (Å²) in [6.07, 6.45) is 33.6. The van der Waals surface area contributed by atoms with Crippen LogP contribution in [0.5, 0.6) is 0 Å². The lowest BCUT2D eigenvalue weighted by molar-refractivity contribution is -0.161. The molecule has 0 aromatic carbocycles. The number of esters is 2. The lowest BCUT2D eigenvalue weighted by Gasteiger charge is -2.19. The van der Waals surface area contributed by atoms with Gasteiger partial charge in [0.15, 0.2) is 6.10 Å². The highest BCUT2D eigenvalue weighted by Crippen LogP contribution is 2.43. The van der Waals surface area contributed by atoms with Crippen molar-refractivity contribution in [2.45, 2.75) is 174 Å². The number of phosphoric acid groups is 1. The van der Waals surface area contributed by atoms with Crippen LogP contribution in [0.25, 0.3) is 0 Å². The Bertz CT molecular complexity index is 835. The van der Waals surface area contributed by atoms with Crippen LogP contribution in [-0.4, -0.2) is 49.3 Å². The molecule has 1 unspecified atom stereocenters. The molecule has 0 radical (unpaired) electrons. The third kappa shape index (κ3) is 34.2. The summed E-state index contributed by atoms with van der Waals surface area (Å²) in [5, 5.41) is 0. The largest absolute Gasteiger partial charge is 0.472 e. The van der Waals surface area contributed by atoms with Gasteiger partial charge in [0.1, 0.15) is 6.61 Å². The molecule has 3 N–H and O–H groups in total. The van der Waals surface area contributed by atoms with Crippen molar-refractivity contribution >= 4 is 19.8 Å². The molecule has 0 fully saturated rings. The number of nitrogens with two attached hydrogens (primary N) is 1.